The number of carbonyl (C=O) groups is 1. The molecular formula is C23H17NO5. The molecule has 29 heavy (non-hydrogen) atoms. The van der Waals surface area contributed by atoms with Gasteiger partial charge in [-0.05, 0) is 40.6 Å². The first-order chi connectivity index (χ1) is 14.0. The van der Waals surface area contributed by atoms with Gasteiger partial charge >= 0.3 is 5.97 Å². The fraction of sp³-hybridized carbons (Fsp3) is 0.0870. The van der Waals surface area contributed by atoms with Crippen LogP contribution in [0.15, 0.2) is 82.4 Å². The SMILES string of the molecule is O=C(O)C(Cc1ccc(O)cc1)n1c(=O)c2ccccc2c2ccccc2c1=O. The lowest BCUT2D eigenvalue weighted by Gasteiger charge is -2.14. The number of aromatic nitrogens is 1. The summed E-state index contributed by atoms with van der Waals surface area (Å²) in [7, 11) is 0. The lowest BCUT2D eigenvalue weighted by Crippen LogP contribution is -2.38. The number of phenols is 1. The summed E-state index contributed by atoms with van der Waals surface area (Å²) in [5, 5.41) is 21.1. The Balaban J connectivity index is 2.07. The van der Waals surface area contributed by atoms with E-state index in [9.17, 15) is 24.6 Å². The molecule has 0 saturated heterocycles. The van der Waals surface area contributed by atoms with E-state index in [2.05, 4.69) is 0 Å². The van der Waals surface area contributed by atoms with Crippen molar-refractivity contribution in [1.29, 1.82) is 0 Å². The zero-order valence-corrected chi connectivity index (χ0v) is 15.3. The van der Waals surface area contributed by atoms with Crippen LogP contribution in [-0.4, -0.2) is 20.7 Å². The van der Waals surface area contributed by atoms with Gasteiger partial charge in [0, 0.05) is 17.2 Å². The van der Waals surface area contributed by atoms with Crippen LogP contribution in [0, 0.1) is 0 Å². The molecule has 0 spiro atoms. The van der Waals surface area contributed by atoms with Crippen LogP contribution in [0.3, 0.4) is 0 Å². The molecule has 1 atom stereocenters. The molecule has 2 N–H and O–H groups in total. The van der Waals surface area contributed by atoms with E-state index in [4.69, 9.17) is 0 Å². The largest absolute Gasteiger partial charge is 0.508 e. The Kier molecular flexibility index (Phi) is 4.60. The van der Waals surface area contributed by atoms with Gasteiger partial charge in [0.05, 0.1) is 0 Å². The quantitative estimate of drug-likeness (QED) is 0.561. The second-order valence-electron chi connectivity index (χ2n) is 6.80. The topological polar surface area (TPSA) is 96.6 Å². The number of nitrogens with zero attached hydrogens (tertiary/aromatic N) is 1. The van der Waals surface area contributed by atoms with E-state index in [1.807, 2.05) is 0 Å². The summed E-state index contributed by atoms with van der Waals surface area (Å²) >= 11 is 0. The maximum absolute atomic E-state index is 13.3. The van der Waals surface area contributed by atoms with Crippen LogP contribution in [0.5, 0.6) is 5.75 Å². The summed E-state index contributed by atoms with van der Waals surface area (Å²) in [4.78, 5) is 38.7. The number of fused-ring (bicyclic) bond motifs is 3. The second kappa shape index (κ2) is 7.24. The summed E-state index contributed by atoms with van der Waals surface area (Å²) in [6.45, 7) is 0. The van der Waals surface area contributed by atoms with Crippen molar-refractivity contribution in [2.45, 2.75) is 12.5 Å². The molecule has 0 fully saturated rings. The molecule has 144 valence electrons. The van der Waals surface area contributed by atoms with Gasteiger partial charge in [-0.15, -0.1) is 0 Å². The van der Waals surface area contributed by atoms with Crippen molar-refractivity contribution in [1.82, 2.24) is 4.57 Å². The van der Waals surface area contributed by atoms with Gasteiger partial charge in [0.25, 0.3) is 11.1 Å². The number of rotatable bonds is 4. The minimum absolute atomic E-state index is 0.0467. The summed E-state index contributed by atoms with van der Waals surface area (Å²) in [5.41, 5.74) is -0.706. The van der Waals surface area contributed by atoms with Gasteiger partial charge < -0.3 is 10.2 Å². The van der Waals surface area contributed by atoms with Crippen molar-refractivity contribution in [2.75, 3.05) is 0 Å². The number of carboxylic acids is 1. The molecule has 1 heterocycles. The van der Waals surface area contributed by atoms with Crippen molar-refractivity contribution >= 4 is 27.5 Å². The molecule has 6 heteroatoms. The predicted octanol–water partition coefficient (Wildman–Crippen LogP) is 3.09. The number of hydrogen-bond acceptors (Lipinski definition) is 4. The van der Waals surface area contributed by atoms with Crippen LogP contribution >= 0.6 is 0 Å². The van der Waals surface area contributed by atoms with Gasteiger partial charge in [0.1, 0.15) is 11.8 Å². The van der Waals surface area contributed by atoms with Gasteiger partial charge in [0.15, 0.2) is 0 Å². The molecule has 0 aliphatic rings. The van der Waals surface area contributed by atoms with E-state index in [0.29, 0.717) is 16.3 Å². The van der Waals surface area contributed by atoms with Crippen molar-refractivity contribution in [3.05, 3.63) is 99.1 Å². The van der Waals surface area contributed by atoms with Crippen LogP contribution in [0.1, 0.15) is 11.6 Å². The first-order valence-electron chi connectivity index (χ1n) is 9.04. The maximum atomic E-state index is 13.3. The number of hydrogen-bond donors (Lipinski definition) is 2. The van der Waals surface area contributed by atoms with Gasteiger partial charge in [-0.25, -0.2) is 4.79 Å². The number of aromatic hydroxyl groups is 1. The van der Waals surface area contributed by atoms with E-state index in [1.54, 1.807) is 60.7 Å². The van der Waals surface area contributed by atoms with Crippen molar-refractivity contribution in [2.24, 2.45) is 0 Å². The molecule has 4 rings (SSSR count). The molecule has 0 saturated carbocycles. The van der Waals surface area contributed by atoms with Crippen molar-refractivity contribution < 1.29 is 15.0 Å². The van der Waals surface area contributed by atoms with Crippen LogP contribution in [0.25, 0.3) is 21.5 Å². The molecule has 0 amide bonds. The molecule has 1 unspecified atom stereocenters. The first-order valence-corrected chi connectivity index (χ1v) is 9.04. The number of aliphatic carboxylic acids is 1. The second-order valence-corrected chi connectivity index (χ2v) is 6.80. The molecule has 0 aliphatic carbocycles. The average Bonchev–Trinajstić information content (AvgIpc) is 2.82. The lowest BCUT2D eigenvalue weighted by molar-refractivity contribution is -0.141. The highest BCUT2D eigenvalue weighted by Gasteiger charge is 2.25. The Morgan fingerprint density at radius 2 is 1.21 bits per heavy atom. The van der Waals surface area contributed by atoms with Crippen LogP contribution in [-0.2, 0) is 11.2 Å². The first kappa shape index (κ1) is 18.4. The molecule has 3 aromatic carbocycles. The zero-order valence-electron chi connectivity index (χ0n) is 15.3. The van der Waals surface area contributed by atoms with Crippen LogP contribution in [0.4, 0.5) is 0 Å². The van der Waals surface area contributed by atoms with Crippen LogP contribution in [0.2, 0.25) is 0 Å². The summed E-state index contributed by atoms with van der Waals surface area (Å²) in [6, 6.07) is 18.2. The summed E-state index contributed by atoms with van der Waals surface area (Å²) in [6.07, 6.45) is -0.0720. The Morgan fingerprint density at radius 3 is 1.66 bits per heavy atom. The Labute approximate surface area is 164 Å². The molecule has 6 nitrogen and oxygen atoms in total. The standard InChI is InChI=1S/C23H17NO5/c25-15-11-9-14(10-12-15)13-20(23(28)29)24-21(26)18-7-3-1-5-16(18)17-6-2-4-8-19(17)22(24)27/h1-12,20,25H,13H2,(H,28,29). The highest BCUT2D eigenvalue weighted by molar-refractivity contribution is 6.05. The highest BCUT2D eigenvalue weighted by Crippen LogP contribution is 2.21. The summed E-state index contributed by atoms with van der Waals surface area (Å²) in [5.74, 6) is -1.23. The molecule has 4 aromatic rings. The Hall–Kier alpha value is -3.93. The number of phenolic OH excluding ortho intramolecular Hbond substituents is 1. The molecule has 1 aromatic heterocycles. The van der Waals surface area contributed by atoms with E-state index in [-0.39, 0.29) is 22.9 Å². The monoisotopic (exact) mass is 387 g/mol. The fourth-order valence-corrected chi connectivity index (χ4v) is 3.59. The molecular weight excluding hydrogens is 370 g/mol. The highest BCUT2D eigenvalue weighted by atomic mass is 16.4. The molecule has 0 bridgehead atoms. The third kappa shape index (κ3) is 3.25. The van der Waals surface area contributed by atoms with Crippen LogP contribution < -0.4 is 11.1 Å². The van der Waals surface area contributed by atoms with E-state index in [1.165, 1.54) is 12.1 Å². The third-order valence-corrected chi connectivity index (χ3v) is 5.00. The minimum Gasteiger partial charge on any atom is -0.508 e. The molecule has 0 aliphatic heterocycles. The number of carboxylic acid groups (broad SMARTS) is 1. The van der Waals surface area contributed by atoms with Gasteiger partial charge in [-0.1, -0.05) is 48.5 Å². The Bertz CT molecular complexity index is 1280. The van der Waals surface area contributed by atoms with Crippen molar-refractivity contribution in [3.8, 4) is 5.75 Å². The van der Waals surface area contributed by atoms with E-state index in [0.717, 1.165) is 4.57 Å². The summed E-state index contributed by atoms with van der Waals surface area (Å²) < 4.78 is 0.833. The van der Waals surface area contributed by atoms with Gasteiger partial charge in [-0.3, -0.25) is 14.2 Å². The molecule has 0 radical (unpaired) electrons. The van der Waals surface area contributed by atoms with E-state index >= 15 is 0 Å². The normalized spacial score (nSPS) is 12.1. The lowest BCUT2D eigenvalue weighted by atomic mass is 10.1. The maximum Gasteiger partial charge on any atom is 0.327 e. The predicted molar refractivity (Wildman–Crippen MR) is 110 cm³/mol. The average molecular weight is 387 g/mol. The van der Waals surface area contributed by atoms with Gasteiger partial charge in [0.2, 0.25) is 0 Å². The fourth-order valence-electron chi connectivity index (χ4n) is 3.59. The zero-order chi connectivity index (χ0) is 20.5. The minimum atomic E-state index is -1.39. The van der Waals surface area contributed by atoms with Crippen molar-refractivity contribution in [3.63, 3.8) is 0 Å². The van der Waals surface area contributed by atoms with Gasteiger partial charge in [-0.2, -0.15) is 0 Å². The Morgan fingerprint density at radius 1 is 0.759 bits per heavy atom. The number of benzene rings is 3. The van der Waals surface area contributed by atoms with E-state index < -0.39 is 23.1 Å². The smallest absolute Gasteiger partial charge is 0.327 e. The third-order valence-electron chi connectivity index (χ3n) is 5.00.